The second kappa shape index (κ2) is 14.4. The van der Waals surface area contributed by atoms with Crippen LogP contribution in [0, 0.1) is 22.7 Å². The average Bonchev–Trinajstić information content (AvgIpc) is 3.59. The smallest absolute Gasteiger partial charge is 0.227 e. The summed E-state index contributed by atoms with van der Waals surface area (Å²) in [5, 5.41) is 12.7. The predicted molar refractivity (Wildman–Crippen MR) is 159 cm³/mol. The van der Waals surface area contributed by atoms with E-state index in [-0.39, 0.29) is 41.4 Å². The van der Waals surface area contributed by atoms with Gasteiger partial charge in [-0.3, -0.25) is 10.2 Å². The molecule has 2 saturated heterocycles. The molecule has 1 aliphatic carbocycles. The minimum absolute atomic E-state index is 0.0371. The van der Waals surface area contributed by atoms with Crippen molar-refractivity contribution in [3.8, 4) is 0 Å². The van der Waals surface area contributed by atoms with Gasteiger partial charge in [0, 0.05) is 43.7 Å². The van der Waals surface area contributed by atoms with E-state index in [1.807, 2.05) is 6.92 Å². The zero-order valence-electron chi connectivity index (χ0n) is 25.7. The van der Waals surface area contributed by atoms with Crippen molar-refractivity contribution in [3.05, 3.63) is 0 Å². The highest BCUT2D eigenvalue weighted by Crippen LogP contribution is 2.46. The van der Waals surface area contributed by atoms with E-state index in [4.69, 9.17) is 11.5 Å². The highest BCUT2D eigenvalue weighted by molar-refractivity contribution is 5.80. The fourth-order valence-corrected chi connectivity index (χ4v) is 7.52. The lowest BCUT2D eigenvalue weighted by atomic mass is 9.65. The topological polar surface area (TPSA) is 120 Å². The Hall–Kier alpha value is -0.840. The summed E-state index contributed by atoms with van der Waals surface area (Å²) in [6.07, 6.45) is 7.82. The number of hydrogen-bond acceptors (Lipinski definition) is 7. The van der Waals surface area contributed by atoms with Gasteiger partial charge in [0.2, 0.25) is 5.91 Å². The van der Waals surface area contributed by atoms with E-state index >= 15 is 0 Å². The molecule has 9 heteroatoms. The predicted octanol–water partition coefficient (Wildman–Crippen LogP) is 3.02. The summed E-state index contributed by atoms with van der Waals surface area (Å²) in [6.45, 7) is 16.0. The number of rotatable bonds is 14. The number of piperidine rings is 1. The maximum Gasteiger partial charge on any atom is 0.227 e. The molecule has 39 heavy (non-hydrogen) atoms. The van der Waals surface area contributed by atoms with Crippen LogP contribution in [0.5, 0.6) is 0 Å². The van der Waals surface area contributed by atoms with Gasteiger partial charge >= 0.3 is 0 Å². The monoisotopic (exact) mass is 553 g/mol. The van der Waals surface area contributed by atoms with Gasteiger partial charge in [0.25, 0.3) is 0 Å². The van der Waals surface area contributed by atoms with Crippen LogP contribution in [0.25, 0.3) is 0 Å². The summed E-state index contributed by atoms with van der Waals surface area (Å²) in [4.78, 5) is 13.8. The molecule has 228 valence electrons. The van der Waals surface area contributed by atoms with Gasteiger partial charge < -0.3 is 27.4 Å². The Labute approximate surface area is 237 Å². The molecule has 3 fully saturated rings. The first-order valence-electron chi connectivity index (χ1n) is 15.9. The van der Waals surface area contributed by atoms with Crippen LogP contribution in [0.1, 0.15) is 99.3 Å². The number of nitrogens with one attached hydrogen (secondary N) is 4. The van der Waals surface area contributed by atoms with Crippen LogP contribution in [0.15, 0.2) is 0 Å². The maximum atomic E-state index is 14.9. The van der Waals surface area contributed by atoms with Crippen molar-refractivity contribution in [2.75, 3.05) is 26.2 Å². The van der Waals surface area contributed by atoms with Crippen molar-refractivity contribution in [2.24, 2.45) is 34.1 Å². The molecule has 1 amide bonds. The zero-order valence-corrected chi connectivity index (χ0v) is 25.7. The van der Waals surface area contributed by atoms with Gasteiger partial charge in [0.1, 0.15) is 6.17 Å². The van der Waals surface area contributed by atoms with Crippen molar-refractivity contribution in [1.29, 1.82) is 0 Å². The largest absolute Gasteiger partial charge is 0.350 e. The number of nitrogens with zero attached hydrogens (tertiary/aromatic N) is 1. The van der Waals surface area contributed by atoms with E-state index in [0.29, 0.717) is 24.9 Å². The van der Waals surface area contributed by atoms with Gasteiger partial charge in [-0.15, -0.1) is 0 Å². The number of carbonyl (C=O) groups excluding carboxylic acids is 1. The first-order valence-corrected chi connectivity index (χ1v) is 15.9. The molecule has 1 saturated carbocycles. The number of amides is 1. The third kappa shape index (κ3) is 7.92. The lowest BCUT2D eigenvalue weighted by Gasteiger charge is -2.54. The third-order valence-electron chi connectivity index (χ3n) is 10.9. The van der Waals surface area contributed by atoms with E-state index in [1.165, 1.54) is 25.7 Å². The first-order chi connectivity index (χ1) is 18.5. The molecule has 8 N–H and O–H groups in total. The number of hydrogen-bond donors (Lipinski definition) is 6. The molecule has 0 aromatic heterocycles. The van der Waals surface area contributed by atoms with E-state index in [0.717, 1.165) is 38.8 Å². The minimum atomic E-state index is -0.968. The molecule has 2 aliphatic heterocycles. The summed E-state index contributed by atoms with van der Waals surface area (Å²) in [5.41, 5.74) is 16.2. The second-order valence-electron chi connectivity index (χ2n) is 13.6. The molecule has 3 aliphatic rings. The van der Waals surface area contributed by atoms with Crippen LogP contribution in [0.3, 0.4) is 0 Å². The van der Waals surface area contributed by atoms with Gasteiger partial charge in [-0.1, -0.05) is 53.4 Å². The van der Waals surface area contributed by atoms with Gasteiger partial charge in [-0.25, -0.2) is 9.40 Å². The Balaban J connectivity index is 1.67. The Bertz CT molecular complexity index is 760. The van der Waals surface area contributed by atoms with Gasteiger partial charge in [0.15, 0.2) is 0 Å². The summed E-state index contributed by atoms with van der Waals surface area (Å²) in [6, 6.07) is 0.160. The van der Waals surface area contributed by atoms with Crippen LogP contribution in [0.2, 0.25) is 0 Å². The van der Waals surface area contributed by atoms with Crippen LogP contribution in [0.4, 0.5) is 4.39 Å². The van der Waals surface area contributed by atoms with E-state index in [9.17, 15) is 9.18 Å². The fraction of sp³-hybridized carbons (Fsp3) is 0.967. The number of nitrogens with two attached hydrogens (primary N) is 2. The molecule has 0 radical (unpaired) electrons. The van der Waals surface area contributed by atoms with Crippen molar-refractivity contribution >= 4 is 5.91 Å². The Morgan fingerprint density at radius 2 is 1.87 bits per heavy atom. The molecule has 3 rings (SSSR count). The average molecular weight is 554 g/mol. The quantitative estimate of drug-likeness (QED) is 0.183. The summed E-state index contributed by atoms with van der Waals surface area (Å²) in [5.74, 6) is -0.177. The number of carbonyl (C=O) groups is 1. The van der Waals surface area contributed by atoms with Crippen molar-refractivity contribution in [2.45, 2.75) is 136 Å². The lowest BCUT2D eigenvalue weighted by Crippen LogP contribution is -2.72. The molecule has 0 aromatic rings. The normalized spacial score (nSPS) is 31.5. The Kier molecular flexibility index (Phi) is 12.0. The second-order valence-corrected chi connectivity index (χ2v) is 13.6. The van der Waals surface area contributed by atoms with Crippen LogP contribution in [-0.2, 0) is 4.79 Å². The van der Waals surface area contributed by atoms with Gasteiger partial charge in [-0.2, -0.15) is 0 Å². The lowest BCUT2D eigenvalue weighted by molar-refractivity contribution is -0.129. The van der Waals surface area contributed by atoms with E-state index < -0.39 is 18.3 Å². The third-order valence-corrected chi connectivity index (χ3v) is 10.9. The fourth-order valence-electron chi connectivity index (χ4n) is 7.52. The Morgan fingerprint density at radius 1 is 1.21 bits per heavy atom. The maximum absolute atomic E-state index is 14.9. The first kappa shape index (κ1) is 32.7. The molecule has 0 spiro atoms. The van der Waals surface area contributed by atoms with Crippen LogP contribution >= 0.6 is 0 Å². The zero-order chi connectivity index (χ0) is 28.8. The molecule has 7 unspecified atom stereocenters. The standard InChI is InChI=1S/C30H60FN7O/c1-7-29(5,8-2)15-13-23(31)17-35-21(4)25(27(32)33)28(39)37-24-18-34-19-30(6,22-11-9-10-12-22)26(24)38-20(3)14-16-36-38/h20-27,34-36H,7-19,32-33H2,1-6H3,(H,37,39). The molecule has 0 aromatic carbocycles. The van der Waals surface area contributed by atoms with Crippen molar-refractivity contribution in [1.82, 2.24) is 26.4 Å². The molecule has 7 atom stereocenters. The Morgan fingerprint density at radius 3 is 2.44 bits per heavy atom. The number of halogens is 1. The van der Waals surface area contributed by atoms with E-state index in [2.05, 4.69) is 61.0 Å². The number of alkyl halides is 1. The minimum Gasteiger partial charge on any atom is -0.350 e. The van der Waals surface area contributed by atoms with Crippen LogP contribution in [-0.4, -0.2) is 73.6 Å². The van der Waals surface area contributed by atoms with E-state index in [1.54, 1.807) is 0 Å². The molecule has 8 nitrogen and oxygen atoms in total. The van der Waals surface area contributed by atoms with Gasteiger partial charge in [0.05, 0.1) is 24.2 Å². The van der Waals surface area contributed by atoms with Crippen molar-refractivity contribution < 1.29 is 9.18 Å². The van der Waals surface area contributed by atoms with Crippen molar-refractivity contribution in [3.63, 3.8) is 0 Å². The number of hydrazine groups is 1. The summed E-state index contributed by atoms with van der Waals surface area (Å²) < 4.78 is 14.9. The summed E-state index contributed by atoms with van der Waals surface area (Å²) >= 11 is 0. The van der Waals surface area contributed by atoms with Crippen LogP contribution < -0.4 is 32.8 Å². The molecular formula is C30H60FN7O. The summed E-state index contributed by atoms with van der Waals surface area (Å²) in [7, 11) is 0. The van der Waals surface area contributed by atoms with Gasteiger partial charge in [-0.05, 0) is 57.3 Å². The molecule has 2 heterocycles. The molecule has 0 bridgehead atoms. The molecular weight excluding hydrogens is 493 g/mol. The highest BCUT2D eigenvalue weighted by atomic mass is 19.1. The SMILES string of the molecule is CCC(C)(CC)CCC(F)CNC(C)C(C(=O)NC1CNCC(C)(C2CCCC2)C1N1NCCC1C)C(N)N. The highest BCUT2D eigenvalue weighted by Gasteiger charge is 2.52.